The fraction of sp³-hybridized carbons (Fsp3) is 0.148. The molecule has 5 rings (SSSR count). The topological polar surface area (TPSA) is 37.3 Å². The number of hydrogen-bond donors (Lipinski definition) is 1. The molecule has 0 saturated carbocycles. The van der Waals surface area contributed by atoms with Crippen molar-refractivity contribution in [3.05, 3.63) is 125 Å². The number of benzene rings is 3. The molecule has 4 nitrogen and oxygen atoms in total. The summed E-state index contributed by atoms with van der Waals surface area (Å²) in [5.41, 5.74) is 6.16. The Labute approximate surface area is 186 Å². The number of aryl methyl sites for hydroxylation is 1. The molecule has 1 aliphatic heterocycles. The third-order valence-corrected chi connectivity index (χ3v) is 5.97. The van der Waals surface area contributed by atoms with Crippen molar-refractivity contribution in [2.75, 3.05) is 0 Å². The summed E-state index contributed by atoms with van der Waals surface area (Å²) in [6.07, 6.45) is 2.01. The lowest BCUT2D eigenvalue weighted by molar-refractivity contribution is 0.180. The minimum absolute atomic E-state index is 0.163. The summed E-state index contributed by atoms with van der Waals surface area (Å²) in [5.74, 6) is -0.295. The van der Waals surface area contributed by atoms with Crippen molar-refractivity contribution in [2.45, 2.75) is 26.1 Å². The molecule has 0 spiro atoms. The van der Waals surface area contributed by atoms with Gasteiger partial charge in [0.2, 0.25) is 0 Å². The van der Waals surface area contributed by atoms with Crippen LogP contribution in [0.5, 0.6) is 0 Å². The molecular weight excluding hydrogens is 401 g/mol. The van der Waals surface area contributed by atoms with Gasteiger partial charge >= 0.3 is 6.03 Å². The Balaban J connectivity index is 1.54. The Kier molecular flexibility index (Phi) is 5.23. The highest BCUT2D eigenvalue weighted by Gasteiger charge is 2.32. The smallest absolute Gasteiger partial charge is 0.318 e. The first-order chi connectivity index (χ1) is 15.6. The molecule has 0 radical (unpaired) electrons. The number of carbonyl (C=O) groups is 1. The quantitative estimate of drug-likeness (QED) is 0.447. The van der Waals surface area contributed by atoms with Gasteiger partial charge in [-0.15, -0.1) is 0 Å². The van der Waals surface area contributed by atoms with Crippen molar-refractivity contribution in [1.82, 2.24) is 14.8 Å². The first-order valence-electron chi connectivity index (χ1n) is 10.7. The molecule has 2 heterocycles. The Morgan fingerprint density at radius 2 is 1.72 bits per heavy atom. The maximum Gasteiger partial charge on any atom is 0.318 e. The van der Waals surface area contributed by atoms with Crippen LogP contribution in [-0.2, 0) is 13.1 Å². The third-order valence-electron chi connectivity index (χ3n) is 5.97. The Hall–Kier alpha value is -3.86. The number of hydrogen-bond acceptors (Lipinski definition) is 1. The van der Waals surface area contributed by atoms with Gasteiger partial charge in [0.15, 0.2) is 0 Å². The molecule has 0 saturated heterocycles. The second kappa shape index (κ2) is 8.35. The van der Waals surface area contributed by atoms with Crippen molar-refractivity contribution in [1.29, 1.82) is 0 Å². The van der Waals surface area contributed by atoms with Crippen LogP contribution in [0.4, 0.5) is 9.18 Å². The number of urea groups is 1. The molecule has 1 N–H and O–H groups in total. The molecule has 1 aliphatic rings. The lowest BCUT2D eigenvalue weighted by Gasteiger charge is -2.31. The van der Waals surface area contributed by atoms with Crippen LogP contribution < -0.4 is 5.32 Å². The molecule has 2 amide bonds. The molecule has 0 bridgehead atoms. The molecule has 4 aromatic rings. The van der Waals surface area contributed by atoms with Crippen LogP contribution in [0.25, 0.3) is 5.69 Å². The predicted molar refractivity (Wildman–Crippen MR) is 123 cm³/mol. The number of rotatable bonds is 3. The molecule has 0 unspecified atom stereocenters. The number of amides is 2. The number of halogens is 1. The highest BCUT2D eigenvalue weighted by Crippen LogP contribution is 2.36. The van der Waals surface area contributed by atoms with Gasteiger partial charge in [-0.1, -0.05) is 60.2 Å². The van der Waals surface area contributed by atoms with E-state index in [2.05, 4.69) is 16.0 Å². The van der Waals surface area contributed by atoms with Gasteiger partial charge in [0.25, 0.3) is 0 Å². The fourth-order valence-electron chi connectivity index (χ4n) is 4.32. The summed E-state index contributed by atoms with van der Waals surface area (Å²) >= 11 is 0. The number of carbonyl (C=O) groups excluding carboxylic acids is 1. The van der Waals surface area contributed by atoms with Crippen LogP contribution in [0.2, 0.25) is 0 Å². The average molecular weight is 426 g/mol. The summed E-state index contributed by atoms with van der Waals surface area (Å²) in [7, 11) is 0. The van der Waals surface area contributed by atoms with E-state index in [4.69, 9.17) is 0 Å². The van der Waals surface area contributed by atoms with Crippen molar-refractivity contribution in [3.63, 3.8) is 0 Å². The molecule has 160 valence electrons. The van der Waals surface area contributed by atoms with E-state index in [0.29, 0.717) is 13.1 Å². The van der Waals surface area contributed by atoms with E-state index in [1.807, 2.05) is 72.6 Å². The molecule has 5 heteroatoms. The van der Waals surface area contributed by atoms with Gasteiger partial charge in [-0.25, -0.2) is 9.18 Å². The average Bonchev–Trinajstić information content (AvgIpc) is 3.24. The van der Waals surface area contributed by atoms with Gasteiger partial charge in [-0.3, -0.25) is 0 Å². The van der Waals surface area contributed by atoms with E-state index in [9.17, 15) is 9.18 Å². The van der Waals surface area contributed by atoms with Gasteiger partial charge in [-0.2, -0.15) is 0 Å². The fourth-order valence-corrected chi connectivity index (χ4v) is 4.32. The van der Waals surface area contributed by atoms with Gasteiger partial charge in [0.05, 0.1) is 18.3 Å². The van der Waals surface area contributed by atoms with Crippen LogP contribution in [0, 0.1) is 12.7 Å². The number of aromatic nitrogens is 1. The summed E-state index contributed by atoms with van der Waals surface area (Å²) in [4.78, 5) is 15.3. The SMILES string of the molecule is Cc1ccc(CNC(=O)N2Cc3ccccc3-n3cccc3[C@H]2c2ccc(F)cc2)cc1. The second-order valence-corrected chi connectivity index (χ2v) is 8.16. The molecule has 1 atom stereocenters. The largest absolute Gasteiger partial charge is 0.334 e. The molecule has 1 aromatic heterocycles. The molecular formula is C27H24FN3O. The van der Waals surface area contributed by atoms with Crippen molar-refractivity contribution >= 4 is 6.03 Å². The van der Waals surface area contributed by atoms with Gasteiger partial charge in [-0.05, 0) is 53.9 Å². The van der Waals surface area contributed by atoms with E-state index < -0.39 is 0 Å². The van der Waals surface area contributed by atoms with E-state index in [1.54, 1.807) is 12.1 Å². The highest BCUT2D eigenvalue weighted by atomic mass is 19.1. The summed E-state index contributed by atoms with van der Waals surface area (Å²) in [5, 5.41) is 3.08. The van der Waals surface area contributed by atoms with Crippen molar-refractivity contribution in [2.24, 2.45) is 0 Å². The minimum Gasteiger partial charge on any atom is -0.334 e. The Bertz CT molecular complexity index is 1240. The summed E-state index contributed by atoms with van der Waals surface area (Å²) in [6.45, 7) is 2.92. The predicted octanol–water partition coefficient (Wildman–Crippen LogP) is 5.74. The van der Waals surface area contributed by atoms with Crippen LogP contribution in [-0.4, -0.2) is 15.5 Å². The van der Waals surface area contributed by atoms with Crippen LogP contribution in [0.3, 0.4) is 0 Å². The second-order valence-electron chi connectivity index (χ2n) is 8.16. The number of fused-ring (bicyclic) bond motifs is 3. The van der Waals surface area contributed by atoms with E-state index in [-0.39, 0.29) is 17.9 Å². The lowest BCUT2D eigenvalue weighted by Crippen LogP contribution is -2.41. The number of nitrogens with one attached hydrogen (secondary N) is 1. The standard InChI is InChI=1S/C27H24FN3O/c1-19-8-10-20(11-9-19)17-29-27(32)31-18-22-5-2-3-6-24(22)30-16-4-7-25(30)26(31)21-12-14-23(28)15-13-21/h2-16,26H,17-18H2,1H3,(H,29,32)/t26-/m1/s1. The maximum absolute atomic E-state index is 13.7. The lowest BCUT2D eigenvalue weighted by atomic mass is 10.0. The zero-order valence-corrected chi connectivity index (χ0v) is 17.8. The molecule has 0 fully saturated rings. The zero-order valence-electron chi connectivity index (χ0n) is 17.8. The van der Waals surface area contributed by atoms with Crippen molar-refractivity contribution < 1.29 is 9.18 Å². The molecule has 32 heavy (non-hydrogen) atoms. The van der Waals surface area contributed by atoms with Crippen LogP contribution in [0.1, 0.15) is 34.0 Å². The molecule has 3 aromatic carbocycles. The van der Waals surface area contributed by atoms with E-state index in [1.165, 1.54) is 17.7 Å². The highest BCUT2D eigenvalue weighted by molar-refractivity contribution is 5.76. The summed E-state index contributed by atoms with van der Waals surface area (Å²) < 4.78 is 15.8. The van der Waals surface area contributed by atoms with Crippen LogP contribution >= 0.6 is 0 Å². The number of para-hydroxylation sites is 1. The van der Waals surface area contributed by atoms with Gasteiger partial charge in [0.1, 0.15) is 5.82 Å². The van der Waals surface area contributed by atoms with E-state index >= 15 is 0 Å². The summed E-state index contributed by atoms with van der Waals surface area (Å²) in [6, 6.07) is 26.1. The minimum atomic E-state index is -0.351. The Morgan fingerprint density at radius 1 is 0.969 bits per heavy atom. The van der Waals surface area contributed by atoms with E-state index in [0.717, 1.165) is 28.1 Å². The van der Waals surface area contributed by atoms with Gasteiger partial charge in [0, 0.05) is 18.4 Å². The molecule has 0 aliphatic carbocycles. The normalized spacial score (nSPS) is 14.9. The van der Waals surface area contributed by atoms with Crippen molar-refractivity contribution in [3.8, 4) is 5.69 Å². The first kappa shape index (κ1) is 20.1. The third kappa shape index (κ3) is 3.78. The number of nitrogens with zero attached hydrogens (tertiary/aromatic N) is 2. The van der Waals surface area contributed by atoms with Gasteiger partial charge < -0.3 is 14.8 Å². The first-order valence-corrected chi connectivity index (χ1v) is 10.7. The monoisotopic (exact) mass is 425 g/mol. The zero-order chi connectivity index (χ0) is 22.1. The Morgan fingerprint density at radius 3 is 2.50 bits per heavy atom. The maximum atomic E-state index is 13.7. The van der Waals surface area contributed by atoms with Crippen LogP contribution in [0.15, 0.2) is 91.1 Å².